The van der Waals surface area contributed by atoms with Gasteiger partial charge in [-0.15, -0.1) is 5.10 Å². The van der Waals surface area contributed by atoms with E-state index < -0.39 is 0 Å². The number of aromatic nitrogens is 5. The molecular weight excluding hydrogens is 248 g/mol. The van der Waals surface area contributed by atoms with E-state index in [4.69, 9.17) is 15.0 Å². The fourth-order valence-corrected chi connectivity index (χ4v) is 1.68. The van der Waals surface area contributed by atoms with Crippen molar-refractivity contribution < 1.29 is 9.26 Å². The van der Waals surface area contributed by atoms with Gasteiger partial charge >= 0.3 is 0 Å². The standard InChI is InChI=1S/C11H18N6O2/c1-3-9(18-4-2)10-13-11(19-15-10)8-7-17(6-5-12)16-14-8/h7,9H,3-6,12H2,1-2H3. The van der Waals surface area contributed by atoms with Gasteiger partial charge in [-0.1, -0.05) is 17.3 Å². The molecule has 0 radical (unpaired) electrons. The Morgan fingerprint density at radius 2 is 2.32 bits per heavy atom. The smallest absolute Gasteiger partial charge is 0.280 e. The largest absolute Gasteiger partial charge is 0.370 e. The molecule has 2 N–H and O–H groups in total. The molecule has 2 aromatic heterocycles. The van der Waals surface area contributed by atoms with Gasteiger partial charge in [0.1, 0.15) is 6.10 Å². The topological polar surface area (TPSA) is 105 Å². The molecule has 0 aromatic carbocycles. The van der Waals surface area contributed by atoms with Crippen molar-refractivity contribution in [3.63, 3.8) is 0 Å². The summed E-state index contributed by atoms with van der Waals surface area (Å²) < 4.78 is 12.3. The molecule has 1 atom stereocenters. The van der Waals surface area contributed by atoms with Gasteiger partial charge in [0.25, 0.3) is 5.89 Å². The first kappa shape index (κ1) is 13.6. The first-order chi connectivity index (χ1) is 9.28. The zero-order chi connectivity index (χ0) is 13.7. The third kappa shape index (κ3) is 3.15. The van der Waals surface area contributed by atoms with Crippen LogP contribution in [0.15, 0.2) is 10.7 Å². The molecule has 0 aliphatic heterocycles. The normalized spacial score (nSPS) is 12.8. The highest BCUT2D eigenvalue weighted by molar-refractivity contribution is 5.43. The average molecular weight is 266 g/mol. The Bertz CT molecular complexity index is 509. The highest BCUT2D eigenvalue weighted by Crippen LogP contribution is 2.21. The second-order valence-corrected chi connectivity index (χ2v) is 3.97. The molecule has 0 bridgehead atoms. The lowest BCUT2D eigenvalue weighted by atomic mass is 10.2. The van der Waals surface area contributed by atoms with Crippen LogP contribution >= 0.6 is 0 Å². The van der Waals surface area contributed by atoms with Crippen molar-refractivity contribution >= 4 is 0 Å². The van der Waals surface area contributed by atoms with Crippen molar-refractivity contribution in [1.29, 1.82) is 0 Å². The predicted molar refractivity (Wildman–Crippen MR) is 67.0 cm³/mol. The highest BCUT2D eigenvalue weighted by atomic mass is 16.5. The third-order valence-corrected chi connectivity index (χ3v) is 2.58. The molecule has 0 spiro atoms. The summed E-state index contributed by atoms with van der Waals surface area (Å²) in [5, 5.41) is 11.8. The van der Waals surface area contributed by atoms with Crippen molar-refractivity contribution in [3.05, 3.63) is 12.0 Å². The van der Waals surface area contributed by atoms with Crippen LogP contribution in [0.2, 0.25) is 0 Å². The summed E-state index contributed by atoms with van der Waals surface area (Å²) in [6.45, 7) is 5.65. The minimum Gasteiger partial charge on any atom is -0.370 e. The maximum absolute atomic E-state index is 5.53. The van der Waals surface area contributed by atoms with Crippen LogP contribution in [0, 0.1) is 0 Å². The van der Waals surface area contributed by atoms with Crippen molar-refractivity contribution in [2.45, 2.75) is 32.9 Å². The Morgan fingerprint density at radius 3 is 3.00 bits per heavy atom. The summed E-state index contributed by atoms with van der Waals surface area (Å²) in [5.74, 6) is 0.879. The molecule has 0 aliphatic rings. The average Bonchev–Trinajstić information content (AvgIpc) is 3.04. The van der Waals surface area contributed by atoms with Gasteiger partial charge in [0.2, 0.25) is 5.82 Å². The van der Waals surface area contributed by atoms with Gasteiger partial charge in [-0.25, -0.2) is 0 Å². The lowest BCUT2D eigenvalue weighted by Crippen LogP contribution is -2.10. The van der Waals surface area contributed by atoms with Crippen molar-refractivity contribution in [2.24, 2.45) is 5.73 Å². The molecule has 2 rings (SSSR count). The van der Waals surface area contributed by atoms with E-state index >= 15 is 0 Å². The number of nitrogens with two attached hydrogens (primary N) is 1. The van der Waals surface area contributed by atoms with E-state index in [-0.39, 0.29) is 6.10 Å². The summed E-state index contributed by atoms with van der Waals surface area (Å²) in [6.07, 6.45) is 2.36. The fraction of sp³-hybridized carbons (Fsp3) is 0.636. The number of nitrogens with zero attached hydrogens (tertiary/aromatic N) is 5. The number of hydrogen-bond donors (Lipinski definition) is 1. The lowest BCUT2D eigenvalue weighted by Gasteiger charge is -2.09. The molecule has 104 valence electrons. The molecule has 0 aliphatic carbocycles. The summed E-state index contributed by atoms with van der Waals surface area (Å²) in [4.78, 5) is 4.29. The molecule has 8 nitrogen and oxygen atoms in total. The van der Waals surface area contributed by atoms with Crippen LogP contribution in [0.5, 0.6) is 0 Å². The highest BCUT2D eigenvalue weighted by Gasteiger charge is 2.19. The van der Waals surface area contributed by atoms with Gasteiger partial charge in [0.05, 0.1) is 12.7 Å². The molecule has 19 heavy (non-hydrogen) atoms. The van der Waals surface area contributed by atoms with Gasteiger partial charge in [-0.05, 0) is 13.3 Å². The molecule has 0 saturated heterocycles. The molecule has 0 fully saturated rings. The SMILES string of the molecule is CCOC(CC)c1noc(-c2cn(CCN)nn2)n1. The maximum Gasteiger partial charge on any atom is 0.280 e. The number of rotatable bonds is 7. The van der Waals surface area contributed by atoms with E-state index in [2.05, 4.69) is 20.5 Å². The summed E-state index contributed by atoms with van der Waals surface area (Å²) in [6, 6.07) is 0. The van der Waals surface area contributed by atoms with Gasteiger partial charge in [0, 0.05) is 13.2 Å². The summed E-state index contributed by atoms with van der Waals surface area (Å²) >= 11 is 0. The Labute approximate surface area is 110 Å². The molecular formula is C11H18N6O2. The van der Waals surface area contributed by atoms with Crippen LogP contribution in [-0.2, 0) is 11.3 Å². The zero-order valence-electron chi connectivity index (χ0n) is 11.1. The molecule has 1 unspecified atom stereocenters. The lowest BCUT2D eigenvalue weighted by molar-refractivity contribution is 0.0518. The molecule has 0 amide bonds. The Kier molecular flexibility index (Phi) is 4.58. The van der Waals surface area contributed by atoms with E-state index in [1.54, 1.807) is 10.9 Å². The van der Waals surface area contributed by atoms with Crippen LogP contribution in [0.25, 0.3) is 11.6 Å². The van der Waals surface area contributed by atoms with Gasteiger partial charge < -0.3 is 15.0 Å². The van der Waals surface area contributed by atoms with Crippen molar-refractivity contribution in [3.8, 4) is 11.6 Å². The van der Waals surface area contributed by atoms with E-state index in [0.717, 1.165) is 6.42 Å². The molecule has 2 heterocycles. The second kappa shape index (κ2) is 6.39. The van der Waals surface area contributed by atoms with Crippen LogP contribution in [0.1, 0.15) is 32.2 Å². The first-order valence-corrected chi connectivity index (χ1v) is 6.34. The van der Waals surface area contributed by atoms with Crippen molar-refractivity contribution in [1.82, 2.24) is 25.1 Å². The van der Waals surface area contributed by atoms with Crippen molar-refractivity contribution in [2.75, 3.05) is 13.2 Å². The van der Waals surface area contributed by atoms with Crippen LogP contribution in [-0.4, -0.2) is 38.3 Å². The number of hydrogen-bond acceptors (Lipinski definition) is 7. The maximum atomic E-state index is 5.53. The summed E-state index contributed by atoms with van der Waals surface area (Å²) in [5.41, 5.74) is 5.99. The van der Waals surface area contributed by atoms with E-state index in [0.29, 0.717) is 37.1 Å². The third-order valence-electron chi connectivity index (χ3n) is 2.58. The molecule has 2 aromatic rings. The quantitative estimate of drug-likeness (QED) is 0.789. The second-order valence-electron chi connectivity index (χ2n) is 3.97. The number of ether oxygens (including phenoxy) is 1. The van der Waals surface area contributed by atoms with Crippen LogP contribution < -0.4 is 5.73 Å². The summed E-state index contributed by atoms with van der Waals surface area (Å²) in [7, 11) is 0. The Hall–Kier alpha value is -1.80. The van der Waals surface area contributed by atoms with Gasteiger partial charge in [0.15, 0.2) is 5.69 Å². The van der Waals surface area contributed by atoms with Crippen LogP contribution in [0.3, 0.4) is 0 Å². The predicted octanol–water partition coefficient (Wildman–Crippen LogP) is 0.774. The molecule has 0 saturated carbocycles. The van der Waals surface area contributed by atoms with E-state index in [9.17, 15) is 0 Å². The first-order valence-electron chi connectivity index (χ1n) is 6.34. The van der Waals surface area contributed by atoms with E-state index in [1.165, 1.54) is 0 Å². The Morgan fingerprint density at radius 1 is 1.47 bits per heavy atom. The van der Waals surface area contributed by atoms with Gasteiger partial charge in [-0.3, -0.25) is 4.68 Å². The van der Waals surface area contributed by atoms with Gasteiger partial charge in [-0.2, -0.15) is 4.98 Å². The fourth-order valence-electron chi connectivity index (χ4n) is 1.68. The van der Waals surface area contributed by atoms with Crippen LogP contribution in [0.4, 0.5) is 0 Å². The van der Waals surface area contributed by atoms with E-state index in [1.807, 2.05) is 13.8 Å². The minimum absolute atomic E-state index is 0.151. The monoisotopic (exact) mass is 266 g/mol. The zero-order valence-corrected chi connectivity index (χ0v) is 11.1. The molecule has 8 heteroatoms. The Balaban J connectivity index is 2.14. The minimum atomic E-state index is -0.151.